The summed E-state index contributed by atoms with van der Waals surface area (Å²) in [6, 6.07) is 3.65. The lowest BCUT2D eigenvalue weighted by atomic mass is 10.1. The Morgan fingerprint density at radius 3 is 2.70 bits per heavy atom. The van der Waals surface area contributed by atoms with Crippen LogP contribution in [0, 0.1) is 10.1 Å². The lowest BCUT2D eigenvalue weighted by Crippen LogP contribution is -2.37. The van der Waals surface area contributed by atoms with Crippen LogP contribution < -0.4 is 4.74 Å². The van der Waals surface area contributed by atoms with Crippen molar-refractivity contribution in [2.75, 3.05) is 13.2 Å². The third-order valence-electron chi connectivity index (χ3n) is 2.89. The Hall–Kier alpha value is -1.86. The molecule has 1 fully saturated rings. The molecule has 0 aromatic heterocycles. The molecule has 1 aliphatic heterocycles. The fourth-order valence-electron chi connectivity index (χ4n) is 2.05. The van der Waals surface area contributed by atoms with E-state index in [4.69, 9.17) is 14.2 Å². The molecule has 0 saturated carbocycles. The average molecular weight is 283 g/mol. The van der Waals surface area contributed by atoms with E-state index in [0.29, 0.717) is 6.61 Å². The number of hydrogen-bond acceptors (Lipinski definition) is 6. The van der Waals surface area contributed by atoms with Gasteiger partial charge in [-0.3, -0.25) is 10.1 Å². The molecule has 2 rings (SSSR count). The van der Waals surface area contributed by atoms with Crippen molar-refractivity contribution in [2.45, 2.75) is 32.2 Å². The van der Waals surface area contributed by atoms with Gasteiger partial charge in [0.1, 0.15) is 18.0 Å². The molecule has 110 valence electrons. The predicted molar refractivity (Wildman–Crippen MR) is 69.8 cm³/mol. The highest BCUT2D eigenvalue weighted by atomic mass is 16.8. The van der Waals surface area contributed by atoms with E-state index in [-0.39, 0.29) is 23.8 Å². The third-order valence-corrected chi connectivity index (χ3v) is 2.89. The summed E-state index contributed by atoms with van der Waals surface area (Å²) in [5, 5.41) is 20.3. The van der Waals surface area contributed by atoms with Crippen LogP contribution in [0.5, 0.6) is 11.5 Å². The van der Waals surface area contributed by atoms with E-state index in [1.807, 2.05) is 0 Å². The monoisotopic (exact) mass is 283 g/mol. The van der Waals surface area contributed by atoms with Gasteiger partial charge in [0, 0.05) is 12.1 Å². The second-order valence-corrected chi connectivity index (χ2v) is 5.44. The van der Waals surface area contributed by atoms with Crippen molar-refractivity contribution in [3.05, 3.63) is 28.3 Å². The summed E-state index contributed by atoms with van der Waals surface area (Å²) in [5.74, 6) is -0.799. The summed E-state index contributed by atoms with van der Waals surface area (Å²) >= 11 is 0. The molecule has 0 bridgehead atoms. The Morgan fingerprint density at radius 1 is 1.45 bits per heavy atom. The normalized spacial score (nSPS) is 24.6. The van der Waals surface area contributed by atoms with E-state index in [9.17, 15) is 15.2 Å². The maximum absolute atomic E-state index is 10.9. The lowest BCUT2D eigenvalue weighted by molar-refractivity contribution is -0.386. The first-order valence-electron chi connectivity index (χ1n) is 6.15. The third kappa shape index (κ3) is 3.17. The quantitative estimate of drug-likeness (QED) is 0.673. The highest BCUT2D eigenvalue weighted by Gasteiger charge is 2.42. The fraction of sp³-hybridized carbons (Fsp3) is 0.538. The molecule has 1 aliphatic rings. The maximum Gasteiger partial charge on any atom is 0.311 e. The Labute approximate surface area is 116 Å². The first-order valence-corrected chi connectivity index (χ1v) is 6.15. The minimum absolute atomic E-state index is 0.00420. The number of benzene rings is 1. The molecule has 1 N–H and O–H groups in total. The molecular formula is C13H17NO6. The van der Waals surface area contributed by atoms with Crippen molar-refractivity contribution in [1.82, 2.24) is 0 Å². The van der Waals surface area contributed by atoms with Crippen molar-refractivity contribution in [3.63, 3.8) is 0 Å². The summed E-state index contributed by atoms with van der Waals surface area (Å²) in [5.41, 5.74) is -0.896. The van der Waals surface area contributed by atoms with E-state index >= 15 is 0 Å². The van der Waals surface area contributed by atoms with Gasteiger partial charge in [-0.1, -0.05) is 0 Å². The zero-order valence-electron chi connectivity index (χ0n) is 11.6. The van der Waals surface area contributed by atoms with Gasteiger partial charge in [0.2, 0.25) is 5.75 Å². The Balaban J connectivity index is 2.11. The molecule has 7 nitrogen and oxygen atoms in total. The molecule has 0 radical (unpaired) electrons. The Kier molecular flexibility index (Phi) is 3.58. The maximum atomic E-state index is 10.9. The van der Waals surface area contributed by atoms with Gasteiger partial charge in [0.25, 0.3) is 0 Å². The molecule has 20 heavy (non-hydrogen) atoms. The van der Waals surface area contributed by atoms with Gasteiger partial charge in [-0.25, -0.2) is 0 Å². The summed E-state index contributed by atoms with van der Waals surface area (Å²) in [6.45, 7) is 5.79. The summed E-state index contributed by atoms with van der Waals surface area (Å²) < 4.78 is 16.6. The van der Waals surface area contributed by atoms with Crippen LogP contribution in [0.4, 0.5) is 5.69 Å². The van der Waals surface area contributed by atoms with Crippen LogP contribution >= 0.6 is 0 Å². The van der Waals surface area contributed by atoms with Gasteiger partial charge < -0.3 is 19.3 Å². The summed E-state index contributed by atoms with van der Waals surface area (Å²) in [7, 11) is 0. The zero-order chi connectivity index (χ0) is 15.0. The molecule has 7 heteroatoms. The zero-order valence-corrected chi connectivity index (χ0v) is 11.6. The average Bonchev–Trinajstić information content (AvgIpc) is 2.61. The van der Waals surface area contributed by atoms with Crippen LogP contribution in [0.2, 0.25) is 0 Å². The van der Waals surface area contributed by atoms with E-state index in [0.717, 1.165) is 0 Å². The van der Waals surface area contributed by atoms with E-state index in [1.54, 1.807) is 20.8 Å². The molecule has 0 spiro atoms. The van der Waals surface area contributed by atoms with E-state index < -0.39 is 16.3 Å². The van der Waals surface area contributed by atoms with Gasteiger partial charge >= 0.3 is 5.69 Å². The minimum atomic E-state index is -0.705. The predicted octanol–water partition coefficient (Wildman–Crippen LogP) is 2.22. The number of phenolic OH excluding ortho intramolecular Hbond substituents is 1. The SMILES string of the molecule is CC1(COc2cc(O)ccc2[N+](=O)[O-])COC(C)(C)O1. The van der Waals surface area contributed by atoms with Crippen LogP contribution in [0.25, 0.3) is 0 Å². The Bertz CT molecular complexity index is 530. The lowest BCUT2D eigenvalue weighted by Gasteiger charge is -2.25. The topological polar surface area (TPSA) is 91.1 Å². The number of hydrogen-bond donors (Lipinski definition) is 1. The minimum Gasteiger partial charge on any atom is -0.508 e. The van der Waals surface area contributed by atoms with Crippen LogP contribution in [-0.4, -0.2) is 34.6 Å². The first kappa shape index (κ1) is 14.5. The van der Waals surface area contributed by atoms with E-state index in [2.05, 4.69) is 0 Å². The highest BCUT2D eigenvalue weighted by Crippen LogP contribution is 2.34. The fourth-order valence-corrected chi connectivity index (χ4v) is 2.05. The van der Waals surface area contributed by atoms with Gasteiger partial charge in [-0.05, 0) is 26.8 Å². The largest absolute Gasteiger partial charge is 0.508 e. The second kappa shape index (κ2) is 4.92. The van der Waals surface area contributed by atoms with Crippen LogP contribution in [0.1, 0.15) is 20.8 Å². The number of phenols is 1. The summed E-state index contributed by atoms with van der Waals surface area (Å²) in [4.78, 5) is 10.3. The molecule has 1 saturated heterocycles. The van der Waals surface area contributed by atoms with Crippen molar-refractivity contribution in [1.29, 1.82) is 0 Å². The van der Waals surface area contributed by atoms with Gasteiger partial charge in [-0.2, -0.15) is 0 Å². The molecular weight excluding hydrogens is 266 g/mol. The number of aromatic hydroxyl groups is 1. The molecule has 0 aliphatic carbocycles. The molecule has 1 aromatic rings. The molecule has 1 atom stereocenters. The van der Waals surface area contributed by atoms with Gasteiger partial charge in [0.05, 0.1) is 11.5 Å². The van der Waals surface area contributed by atoms with Crippen LogP contribution in [-0.2, 0) is 9.47 Å². The highest BCUT2D eigenvalue weighted by molar-refractivity contribution is 5.50. The Morgan fingerprint density at radius 2 is 2.15 bits per heavy atom. The number of nitro groups is 1. The van der Waals surface area contributed by atoms with Crippen molar-refractivity contribution in [3.8, 4) is 11.5 Å². The van der Waals surface area contributed by atoms with Gasteiger partial charge in [-0.15, -0.1) is 0 Å². The number of nitro benzene ring substituents is 1. The van der Waals surface area contributed by atoms with E-state index in [1.165, 1.54) is 18.2 Å². The number of rotatable bonds is 4. The number of ether oxygens (including phenoxy) is 3. The second-order valence-electron chi connectivity index (χ2n) is 5.44. The molecule has 1 heterocycles. The first-order chi connectivity index (χ1) is 9.21. The number of nitrogens with zero attached hydrogens (tertiary/aromatic N) is 1. The smallest absolute Gasteiger partial charge is 0.311 e. The molecule has 1 unspecified atom stereocenters. The van der Waals surface area contributed by atoms with Gasteiger partial charge in [0.15, 0.2) is 5.79 Å². The van der Waals surface area contributed by atoms with Crippen molar-refractivity contribution < 1.29 is 24.2 Å². The van der Waals surface area contributed by atoms with Crippen LogP contribution in [0.15, 0.2) is 18.2 Å². The van der Waals surface area contributed by atoms with Crippen molar-refractivity contribution in [2.24, 2.45) is 0 Å². The van der Waals surface area contributed by atoms with Crippen molar-refractivity contribution >= 4 is 5.69 Å². The molecule has 1 aromatic carbocycles. The molecule has 0 amide bonds. The standard InChI is InChI=1S/C13H17NO6/c1-12(2)19-8-13(3,20-12)7-18-11-6-9(15)4-5-10(11)14(16)17/h4-6,15H,7-8H2,1-3H3. The van der Waals surface area contributed by atoms with Crippen LogP contribution in [0.3, 0.4) is 0 Å². The summed E-state index contributed by atoms with van der Waals surface area (Å²) in [6.07, 6.45) is 0.